The predicted octanol–water partition coefficient (Wildman–Crippen LogP) is 20.8. The second kappa shape index (κ2) is 37.5. The van der Waals surface area contributed by atoms with E-state index in [0.29, 0.717) is 106 Å². The summed E-state index contributed by atoms with van der Waals surface area (Å²) in [5.74, 6) is -6.75. The smallest absolute Gasteiger partial charge is 0.267 e. The van der Waals surface area contributed by atoms with Gasteiger partial charge < -0.3 is 15.7 Å². The molecule has 15 aromatic rings. The van der Waals surface area contributed by atoms with Crippen LogP contribution in [0.25, 0.3) is 97.6 Å². The van der Waals surface area contributed by atoms with Crippen LogP contribution in [0.1, 0.15) is 36.7 Å². The summed E-state index contributed by atoms with van der Waals surface area (Å²) >= 11 is 33.7. The number of sulfone groups is 1. The van der Waals surface area contributed by atoms with E-state index in [0.717, 1.165) is 60.2 Å². The molecule has 16 rings (SSSR count). The van der Waals surface area contributed by atoms with Crippen molar-refractivity contribution in [3.05, 3.63) is 277 Å². The van der Waals surface area contributed by atoms with E-state index in [1.54, 1.807) is 37.4 Å². The number of benzene rings is 6. The fourth-order valence-corrected chi connectivity index (χ4v) is 21.1. The molecule has 42 heteroatoms. The number of hydrogen-bond donors (Lipinski definition) is 5. The molecule has 9 heterocycles. The SMILES string of the molecule is CCc1nccc(-c2sc(-c3ccc(F)cn3)nc2-c2cccc(NS(=O)(=O)c3c(F)cc(Cl)cc3F)c2F)n1.Cc1ccc(Cl)c(S(=O)(=O)Cc2cccc(-c3nc(-c4ccc(F)cn4)sc3-c3ccnc(NCCO)n3)c2F)c1Cl.O=S(=O)(Nc1cccc(-c2nc(-c3ccc(F)cn3)sc2-c2ccnc(NC3CC3)n2)c1F)c1c(Cl)cccc1Cl. The van der Waals surface area contributed by atoms with Crippen LogP contribution < -0.4 is 20.1 Å². The normalized spacial score (nSPS) is 12.1. The number of rotatable bonds is 24. The molecule has 0 spiro atoms. The molecule has 1 aliphatic carbocycles. The molecular weight excluding hydrogens is 1830 g/mol. The number of aliphatic hydroxyl groups is 1. The third-order valence-electron chi connectivity index (χ3n) is 17.7. The van der Waals surface area contributed by atoms with E-state index >= 15 is 13.2 Å². The van der Waals surface area contributed by atoms with Crippen LogP contribution in [0.2, 0.25) is 25.1 Å². The maximum atomic E-state index is 16.2. The molecule has 123 heavy (non-hydrogen) atoms. The van der Waals surface area contributed by atoms with Crippen LogP contribution in [-0.4, -0.2) is 109 Å². The van der Waals surface area contributed by atoms with Gasteiger partial charge >= 0.3 is 0 Å². The number of thiazole rings is 3. The average molecular weight is 1890 g/mol. The summed E-state index contributed by atoms with van der Waals surface area (Å²) in [6, 6.07) is 34.1. The summed E-state index contributed by atoms with van der Waals surface area (Å²) in [6.07, 6.45) is 10.3. The molecule has 0 aliphatic heterocycles. The van der Waals surface area contributed by atoms with Crippen molar-refractivity contribution >= 4 is 145 Å². The number of nitrogens with one attached hydrogen (secondary N) is 4. The molecule has 0 radical (unpaired) electrons. The highest BCUT2D eigenvalue weighted by Crippen LogP contribution is 2.47. The molecule has 0 amide bonds. The highest BCUT2D eigenvalue weighted by atomic mass is 35.5. The minimum absolute atomic E-state index is 0.00498. The van der Waals surface area contributed by atoms with E-state index in [-0.39, 0.29) is 99.0 Å². The Kier molecular flexibility index (Phi) is 26.8. The number of pyridine rings is 3. The standard InChI is InChI=1S/C28H21Cl2F2N5O3S2.C27H18Cl2F2N6O2S2.C26H16ClF4N5O2S2/c1-15-5-7-19(29)26(22(15)30)42(39,40)14-16-3-2-4-18(23(16)32)24-25(20-9-10-33-28(36-20)34-11-12-38)41-27(37-24)21-8-6-17(31)13-35-21;28-17-4-2-5-18(29)25(17)41(38,39)37-19-6-1-3-16(22(19)31)23-24(20-11-12-32-27(35-20)34-15-8-9-15)40-26(36-23)21-10-7-14(30)13-33-21;1-2-21-32-9-8-19(34-21)24-23(35-26(39-24)20-7-6-14(28)12-33-20)15-4-3-5-18(22(15)31)36-40(37,38)25-16(29)10-13(27)11-17(25)30/h2-10,13,38H,11-12,14H2,1H3,(H,33,34,36);1-7,10-13,15,37H,8-9H2,(H,32,34,35);3-12,36H,2H2,1H3. The van der Waals surface area contributed by atoms with Crippen LogP contribution in [0.15, 0.2) is 204 Å². The zero-order chi connectivity index (χ0) is 87.3. The van der Waals surface area contributed by atoms with Crippen molar-refractivity contribution in [2.75, 3.05) is 33.2 Å². The molecule has 628 valence electrons. The summed E-state index contributed by atoms with van der Waals surface area (Å²) in [5.41, 5.74) is 2.16. The topological polar surface area (TPSA) is 325 Å². The Morgan fingerprint density at radius 3 is 1.35 bits per heavy atom. The number of sulfonamides is 2. The zero-order valence-electron chi connectivity index (χ0n) is 62.8. The monoisotopic (exact) mass is 1880 g/mol. The molecule has 5 N–H and O–H groups in total. The first kappa shape index (κ1) is 88.1. The summed E-state index contributed by atoms with van der Waals surface area (Å²) < 4.78 is 200. The maximum Gasteiger partial charge on any atom is 0.267 e. The second-order valence-corrected chi connectivity index (χ2v) is 36.5. The minimum Gasteiger partial charge on any atom is -0.395 e. The van der Waals surface area contributed by atoms with Gasteiger partial charge in [0, 0.05) is 64.9 Å². The predicted molar refractivity (Wildman–Crippen MR) is 458 cm³/mol. The van der Waals surface area contributed by atoms with Crippen molar-refractivity contribution in [2.24, 2.45) is 0 Å². The zero-order valence-corrected chi connectivity index (χ0v) is 71.5. The van der Waals surface area contributed by atoms with Gasteiger partial charge in [-0.2, -0.15) is 0 Å². The lowest BCUT2D eigenvalue weighted by molar-refractivity contribution is 0.311. The van der Waals surface area contributed by atoms with Gasteiger partial charge in [-0.3, -0.25) is 24.4 Å². The first-order valence-electron chi connectivity index (χ1n) is 36.0. The average Bonchev–Trinajstić information content (AvgIpc) is 1.64. The fraction of sp³-hybridized carbons (Fsp3) is 0.111. The van der Waals surface area contributed by atoms with Crippen molar-refractivity contribution in [1.29, 1.82) is 0 Å². The van der Waals surface area contributed by atoms with Gasteiger partial charge in [0.2, 0.25) is 11.9 Å². The minimum atomic E-state index is -4.91. The number of hydrogen-bond acceptors (Lipinski definition) is 24. The third kappa shape index (κ3) is 20.0. The van der Waals surface area contributed by atoms with Crippen molar-refractivity contribution in [3.63, 3.8) is 0 Å². The molecule has 1 saturated carbocycles. The Bertz CT molecular complexity index is 6880. The van der Waals surface area contributed by atoms with E-state index in [1.807, 2.05) is 11.6 Å². The van der Waals surface area contributed by atoms with Gasteiger partial charge in [-0.25, -0.2) is 105 Å². The van der Waals surface area contributed by atoms with Gasteiger partial charge in [-0.05, 0) is 141 Å². The summed E-state index contributed by atoms with van der Waals surface area (Å²) in [6.45, 7) is 3.58. The lowest BCUT2D eigenvalue weighted by Gasteiger charge is -2.13. The molecule has 23 nitrogen and oxygen atoms in total. The molecule has 1 aliphatic rings. The fourth-order valence-electron chi connectivity index (χ4n) is 11.8. The molecule has 0 atom stereocenters. The Labute approximate surface area is 732 Å². The number of nitrogens with zero attached hydrogens (tertiary/aromatic N) is 12. The van der Waals surface area contributed by atoms with Gasteiger partial charge in [-0.1, -0.05) is 101 Å². The van der Waals surface area contributed by atoms with Crippen LogP contribution >= 0.6 is 92.0 Å². The summed E-state index contributed by atoms with van der Waals surface area (Å²) in [5, 5.41) is 15.7. The molecular formula is C81H55Cl5F8N16O7S6. The molecule has 9 aromatic heterocycles. The number of aromatic nitrogens is 12. The number of anilines is 4. The van der Waals surface area contributed by atoms with Crippen LogP contribution in [0.5, 0.6) is 0 Å². The third-order valence-corrected chi connectivity index (χ3v) is 27.7. The van der Waals surface area contributed by atoms with E-state index in [9.17, 15) is 47.2 Å². The summed E-state index contributed by atoms with van der Waals surface area (Å²) in [7, 11) is -13.4. The Morgan fingerprint density at radius 2 is 0.886 bits per heavy atom. The Balaban J connectivity index is 0.000000150. The Morgan fingerprint density at radius 1 is 0.455 bits per heavy atom. The maximum absolute atomic E-state index is 16.2. The highest BCUT2D eigenvalue weighted by molar-refractivity contribution is 7.93. The molecule has 0 saturated heterocycles. The Hall–Kier alpha value is -11.2. The van der Waals surface area contributed by atoms with Crippen molar-refractivity contribution in [3.8, 4) is 97.6 Å². The number of halogens is 13. The van der Waals surface area contributed by atoms with Gasteiger partial charge in [0.25, 0.3) is 20.0 Å². The first-order chi connectivity index (χ1) is 58.8. The highest BCUT2D eigenvalue weighted by Gasteiger charge is 2.33. The number of aliphatic hydroxyl groups excluding tert-OH is 1. The quantitative estimate of drug-likeness (QED) is 0.0351. The van der Waals surface area contributed by atoms with Crippen LogP contribution in [0.4, 0.5) is 58.4 Å². The van der Waals surface area contributed by atoms with Crippen LogP contribution in [0.3, 0.4) is 0 Å². The summed E-state index contributed by atoms with van der Waals surface area (Å²) in [4.78, 5) is 51.6. The first-order valence-corrected chi connectivity index (χ1v) is 45.0. The molecule has 0 unspecified atom stereocenters. The van der Waals surface area contributed by atoms with E-state index in [1.165, 1.54) is 133 Å². The lowest BCUT2D eigenvalue weighted by atomic mass is 10.1. The van der Waals surface area contributed by atoms with Crippen molar-refractivity contribution in [2.45, 2.75) is 59.6 Å². The van der Waals surface area contributed by atoms with E-state index < -0.39 is 92.8 Å². The lowest BCUT2D eigenvalue weighted by Crippen LogP contribution is -2.17. The number of aryl methyl sites for hydroxylation is 2. The van der Waals surface area contributed by atoms with Gasteiger partial charge in [0.05, 0.1) is 128 Å². The van der Waals surface area contributed by atoms with Crippen molar-refractivity contribution < 1.29 is 65.5 Å². The van der Waals surface area contributed by atoms with E-state index in [4.69, 9.17) is 63.1 Å². The van der Waals surface area contributed by atoms with E-state index in [2.05, 4.69) is 75.2 Å². The van der Waals surface area contributed by atoms with Crippen molar-refractivity contribution in [1.82, 2.24) is 59.8 Å². The molecule has 6 aromatic carbocycles. The molecule has 1 fully saturated rings. The largest absolute Gasteiger partial charge is 0.395 e. The van der Waals surface area contributed by atoms with Gasteiger partial charge in [-0.15, -0.1) is 34.0 Å². The molecule has 0 bridgehead atoms. The second-order valence-electron chi connectivity index (χ2n) is 26.3. The van der Waals surface area contributed by atoms with Gasteiger partial charge in [0.15, 0.2) is 26.4 Å². The van der Waals surface area contributed by atoms with Gasteiger partial charge in [0.1, 0.15) is 65.5 Å². The van der Waals surface area contributed by atoms with Crippen LogP contribution in [0, 0.1) is 53.5 Å². The van der Waals surface area contributed by atoms with Crippen LogP contribution in [-0.2, 0) is 42.1 Å².